The number of hydrogen-bond donors (Lipinski definition) is 2. The average Bonchev–Trinajstić information content (AvgIpc) is 2.48. The van der Waals surface area contributed by atoms with Crippen molar-refractivity contribution in [2.24, 2.45) is 0 Å². The summed E-state index contributed by atoms with van der Waals surface area (Å²) in [4.78, 5) is 25.6. The first-order valence-electron chi connectivity index (χ1n) is 7.08. The molecule has 2 N–H and O–H groups in total. The van der Waals surface area contributed by atoms with Gasteiger partial charge in [0, 0.05) is 31.9 Å². The fourth-order valence-corrected chi connectivity index (χ4v) is 2.87. The minimum absolute atomic E-state index is 0. The molecule has 0 spiro atoms. The average molecular weight is 344 g/mol. The van der Waals surface area contributed by atoms with Crippen molar-refractivity contribution < 1.29 is 9.59 Å². The summed E-state index contributed by atoms with van der Waals surface area (Å²) in [6, 6.07) is 7.68. The molecule has 2 rings (SSSR count). The van der Waals surface area contributed by atoms with Crippen molar-refractivity contribution in [3.05, 3.63) is 29.8 Å². The smallest absolute Gasteiger partial charge is 0.234 e. The van der Waals surface area contributed by atoms with Crippen LogP contribution in [-0.2, 0) is 9.59 Å². The van der Waals surface area contributed by atoms with Gasteiger partial charge in [-0.25, -0.2) is 0 Å². The zero-order valence-corrected chi connectivity index (χ0v) is 14.3. The minimum Gasteiger partial charge on any atom is -0.339 e. The van der Waals surface area contributed by atoms with Gasteiger partial charge in [-0.3, -0.25) is 9.59 Å². The number of thioether (sulfide) groups is 1. The molecular formula is C15H22ClN3O2S. The van der Waals surface area contributed by atoms with Gasteiger partial charge in [0.25, 0.3) is 0 Å². The summed E-state index contributed by atoms with van der Waals surface area (Å²) in [5, 5.41) is 6.05. The first-order chi connectivity index (χ1) is 10.1. The van der Waals surface area contributed by atoms with E-state index in [1.807, 2.05) is 36.1 Å². The Morgan fingerprint density at radius 1 is 1.27 bits per heavy atom. The maximum Gasteiger partial charge on any atom is 0.234 e. The Morgan fingerprint density at radius 3 is 2.68 bits per heavy atom. The fourth-order valence-electron chi connectivity index (χ4n) is 2.16. The lowest BCUT2D eigenvalue weighted by Crippen LogP contribution is -2.47. The predicted molar refractivity (Wildman–Crippen MR) is 93.8 cm³/mol. The summed E-state index contributed by atoms with van der Waals surface area (Å²) in [5.41, 5.74) is 1.91. The van der Waals surface area contributed by atoms with Gasteiger partial charge < -0.3 is 15.5 Å². The van der Waals surface area contributed by atoms with Crippen molar-refractivity contribution >= 4 is 41.7 Å². The van der Waals surface area contributed by atoms with E-state index in [2.05, 4.69) is 10.6 Å². The van der Waals surface area contributed by atoms with Crippen LogP contribution in [0.5, 0.6) is 0 Å². The van der Waals surface area contributed by atoms with Crippen molar-refractivity contribution in [2.45, 2.75) is 6.92 Å². The molecule has 0 saturated carbocycles. The van der Waals surface area contributed by atoms with Gasteiger partial charge in [0.1, 0.15) is 0 Å². The summed E-state index contributed by atoms with van der Waals surface area (Å²) >= 11 is 1.36. The number of rotatable bonds is 5. The van der Waals surface area contributed by atoms with Gasteiger partial charge in [-0.1, -0.05) is 12.1 Å². The summed E-state index contributed by atoms with van der Waals surface area (Å²) in [6.45, 7) is 5.20. The van der Waals surface area contributed by atoms with Crippen molar-refractivity contribution in [3.8, 4) is 0 Å². The maximum atomic E-state index is 11.9. The third-order valence-corrected chi connectivity index (χ3v) is 4.15. The topological polar surface area (TPSA) is 61.4 Å². The third kappa shape index (κ3) is 6.25. The quantitative estimate of drug-likeness (QED) is 0.851. The second-order valence-corrected chi connectivity index (χ2v) is 6.03. The molecule has 0 unspecified atom stereocenters. The van der Waals surface area contributed by atoms with Gasteiger partial charge in [-0.15, -0.1) is 24.2 Å². The summed E-state index contributed by atoms with van der Waals surface area (Å²) < 4.78 is 0. The largest absolute Gasteiger partial charge is 0.339 e. The zero-order valence-electron chi connectivity index (χ0n) is 12.6. The van der Waals surface area contributed by atoms with Crippen molar-refractivity contribution in [1.82, 2.24) is 10.2 Å². The summed E-state index contributed by atoms with van der Waals surface area (Å²) in [7, 11) is 0. The van der Waals surface area contributed by atoms with Gasteiger partial charge in [0.2, 0.25) is 11.8 Å². The maximum absolute atomic E-state index is 11.9. The monoisotopic (exact) mass is 343 g/mol. The molecule has 5 nitrogen and oxygen atoms in total. The molecule has 1 fully saturated rings. The number of aryl methyl sites for hydroxylation is 1. The Labute approximate surface area is 141 Å². The van der Waals surface area contributed by atoms with E-state index in [0.717, 1.165) is 37.4 Å². The first-order valence-corrected chi connectivity index (χ1v) is 8.23. The number of hydrogen-bond acceptors (Lipinski definition) is 4. The van der Waals surface area contributed by atoms with Gasteiger partial charge in [-0.05, 0) is 24.6 Å². The number of carbonyl (C=O) groups excluding carboxylic acids is 2. The number of nitrogens with one attached hydrogen (secondary N) is 2. The van der Waals surface area contributed by atoms with Crippen LogP contribution in [0.25, 0.3) is 0 Å². The van der Waals surface area contributed by atoms with E-state index in [4.69, 9.17) is 0 Å². The van der Waals surface area contributed by atoms with E-state index in [-0.39, 0.29) is 24.2 Å². The van der Waals surface area contributed by atoms with E-state index >= 15 is 0 Å². The van der Waals surface area contributed by atoms with Crippen LogP contribution in [0.4, 0.5) is 5.69 Å². The zero-order chi connectivity index (χ0) is 15.1. The van der Waals surface area contributed by atoms with Crippen LogP contribution >= 0.6 is 24.2 Å². The van der Waals surface area contributed by atoms with Gasteiger partial charge in [-0.2, -0.15) is 0 Å². The fraction of sp³-hybridized carbons (Fsp3) is 0.467. The molecule has 0 atom stereocenters. The molecule has 2 amide bonds. The predicted octanol–water partition coefficient (Wildman–Crippen LogP) is 1.52. The molecule has 1 aromatic carbocycles. The number of carbonyl (C=O) groups is 2. The third-order valence-electron chi connectivity index (χ3n) is 3.23. The van der Waals surface area contributed by atoms with E-state index in [0.29, 0.717) is 11.5 Å². The van der Waals surface area contributed by atoms with Crippen LogP contribution in [-0.4, -0.2) is 54.4 Å². The highest BCUT2D eigenvalue weighted by Gasteiger charge is 2.16. The first kappa shape index (κ1) is 18.8. The molecule has 1 saturated heterocycles. The molecule has 22 heavy (non-hydrogen) atoms. The lowest BCUT2D eigenvalue weighted by molar-refractivity contribution is -0.128. The molecule has 1 heterocycles. The van der Waals surface area contributed by atoms with E-state index in [9.17, 15) is 9.59 Å². The Bertz CT molecular complexity index is 507. The normalized spacial score (nSPS) is 14.1. The van der Waals surface area contributed by atoms with Gasteiger partial charge in [0.15, 0.2) is 0 Å². The minimum atomic E-state index is -0.0706. The van der Waals surface area contributed by atoms with Crippen molar-refractivity contribution in [3.63, 3.8) is 0 Å². The molecule has 1 aliphatic heterocycles. The molecule has 1 aliphatic rings. The Hall–Kier alpha value is -1.24. The van der Waals surface area contributed by atoms with Crippen LogP contribution in [0.1, 0.15) is 5.56 Å². The molecule has 0 bridgehead atoms. The van der Waals surface area contributed by atoms with E-state index in [1.165, 1.54) is 11.8 Å². The van der Waals surface area contributed by atoms with Crippen LogP contribution < -0.4 is 10.6 Å². The van der Waals surface area contributed by atoms with Crippen molar-refractivity contribution in [1.29, 1.82) is 0 Å². The SMILES string of the molecule is Cc1cccc(NC(=O)CSCC(=O)N2CCNCC2)c1.Cl. The number of benzene rings is 1. The second-order valence-electron chi connectivity index (χ2n) is 5.04. The Morgan fingerprint density at radius 2 is 2.00 bits per heavy atom. The molecule has 1 aromatic rings. The van der Waals surface area contributed by atoms with Crippen LogP contribution in [0.2, 0.25) is 0 Å². The van der Waals surface area contributed by atoms with Crippen LogP contribution in [0.3, 0.4) is 0 Å². The molecule has 0 radical (unpaired) electrons. The molecule has 0 aromatic heterocycles. The molecule has 7 heteroatoms. The molecule has 0 aliphatic carbocycles. The lowest BCUT2D eigenvalue weighted by atomic mass is 10.2. The molecular weight excluding hydrogens is 322 g/mol. The number of amides is 2. The number of piperazine rings is 1. The summed E-state index contributed by atoms with van der Waals surface area (Å²) in [5.74, 6) is 0.705. The standard InChI is InChI=1S/C15H21N3O2S.ClH/c1-12-3-2-4-13(9-12)17-14(19)10-21-11-15(20)18-7-5-16-6-8-18;/h2-4,9,16H,5-8,10-11H2,1H3,(H,17,19);1H. The highest BCUT2D eigenvalue weighted by atomic mass is 35.5. The van der Waals surface area contributed by atoms with E-state index < -0.39 is 0 Å². The molecule has 122 valence electrons. The second kappa shape index (κ2) is 9.71. The highest BCUT2D eigenvalue weighted by Crippen LogP contribution is 2.11. The number of nitrogens with zero attached hydrogens (tertiary/aromatic N) is 1. The van der Waals surface area contributed by atoms with Crippen LogP contribution in [0.15, 0.2) is 24.3 Å². The van der Waals surface area contributed by atoms with Gasteiger partial charge >= 0.3 is 0 Å². The van der Waals surface area contributed by atoms with Gasteiger partial charge in [0.05, 0.1) is 11.5 Å². The lowest BCUT2D eigenvalue weighted by Gasteiger charge is -2.27. The van der Waals surface area contributed by atoms with Crippen molar-refractivity contribution in [2.75, 3.05) is 43.0 Å². The Balaban J connectivity index is 0.00000242. The highest BCUT2D eigenvalue weighted by molar-refractivity contribution is 8.00. The Kier molecular flexibility index (Phi) is 8.30. The van der Waals surface area contributed by atoms with E-state index in [1.54, 1.807) is 0 Å². The number of anilines is 1. The number of halogens is 1. The van der Waals surface area contributed by atoms with Crippen LogP contribution in [0, 0.1) is 6.92 Å². The summed E-state index contributed by atoms with van der Waals surface area (Å²) in [6.07, 6.45) is 0.